The number of benzene rings is 2. The summed E-state index contributed by atoms with van der Waals surface area (Å²) < 4.78 is 16.4. The molecule has 0 saturated heterocycles. The van der Waals surface area contributed by atoms with Crippen LogP contribution in [0.25, 0.3) is 0 Å². The monoisotopic (exact) mass is 505 g/mol. The average Bonchev–Trinajstić information content (AvgIpc) is 3.10. The van der Waals surface area contributed by atoms with Gasteiger partial charge in [0.2, 0.25) is 5.91 Å². The van der Waals surface area contributed by atoms with E-state index in [-0.39, 0.29) is 23.8 Å². The molecule has 0 aliphatic rings. The number of carbonyl (C=O) groups is 2. The minimum atomic E-state index is -0.587. The Labute approximate surface area is 192 Å². The van der Waals surface area contributed by atoms with Crippen molar-refractivity contribution >= 4 is 45.2 Å². The fourth-order valence-electron chi connectivity index (χ4n) is 2.76. The number of thioether (sulfide) groups is 1. The van der Waals surface area contributed by atoms with Crippen LogP contribution < -0.4 is 10.6 Å². The number of hydrogen-bond donors (Lipinski definition) is 2. The van der Waals surface area contributed by atoms with E-state index in [0.717, 1.165) is 21.3 Å². The van der Waals surface area contributed by atoms with Crippen LogP contribution in [0, 0.1) is 19.7 Å². The number of nitrogens with zero attached hydrogens (tertiary/aromatic N) is 3. The lowest BCUT2D eigenvalue weighted by atomic mass is 10.1. The van der Waals surface area contributed by atoms with Crippen LogP contribution in [0.5, 0.6) is 0 Å². The van der Waals surface area contributed by atoms with Crippen LogP contribution in [-0.4, -0.2) is 32.3 Å². The third-order valence-electron chi connectivity index (χ3n) is 4.78. The van der Waals surface area contributed by atoms with Crippen molar-refractivity contribution in [1.29, 1.82) is 0 Å². The molecule has 10 heteroatoms. The van der Waals surface area contributed by atoms with Crippen LogP contribution in [0.4, 0.5) is 10.1 Å². The number of nitrogens with one attached hydrogen (secondary N) is 2. The quantitative estimate of drug-likeness (QED) is 0.473. The summed E-state index contributed by atoms with van der Waals surface area (Å²) in [6.45, 7) is 4.02. The lowest BCUT2D eigenvalue weighted by molar-refractivity contribution is -0.113. The van der Waals surface area contributed by atoms with E-state index in [0.29, 0.717) is 11.0 Å². The fourth-order valence-corrected chi connectivity index (χ4v) is 3.92. The van der Waals surface area contributed by atoms with Crippen LogP contribution in [0.2, 0.25) is 0 Å². The molecule has 0 aliphatic carbocycles. The van der Waals surface area contributed by atoms with Crippen LogP contribution in [0.15, 0.2) is 46.0 Å². The number of halogens is 2. The number of carbonyl (C=O) groups excluding carboxylic acids is 2. The van der Waals surface area contributed by atoms with Gasteiger partial charge in [0.05, 0.1) is 17.9 Å². The first-order valence-corrected chi connectivity index (χ1v) is 11.1. The SMILES string of the molecule is Cc1c(Br)ccc(NC(=O)CSc2nnc(CNC(=O)c3ccccc3F)n2C)c1C. The van der Waals surface area contributed by atoms with Crippen molar-refractivity contribution < 1.29 is 14.0 Å². The van der Waals surface area contributed by atoms with Crippen molar-refractivity contribution in [3.05, 3.63) is 69.2 Å². The molecule has 1 heterocycles. The highest BCUT2D eigenvalue weighted by molar-refractivity contribution is 9.10. The summed E-state index contributed by atoms with van der Waals surface area (Å²) in [5, 5.41) is 14.2. The van der Waals surface area contributed by atoms with E-state index in [9.17, 15) is 14.0 Å². The van der Waals surface area contributed by atoms with E-state index in [4.69, 9.17) is 0 Å². The largest absolute Gasteiger partial charge is 0.345 e. The van der Waals surface area contributed by atoms with E-state index < -0.39 is 11.7 Å². The molecule has 2 N–H and O–H groups in total. The zero-order valence-electron chi connectivity index (χ0n) is 17.2. The molecular weight excluding hydrogens is 485 g/mol. The van der Waals surface area contributed by atoms with E-state index in [2.05, 4.69) is 36.8 Å². The number of amides is 2. The maximum absolute atomic E-state index is 13.7. The summed E-state index contributed by atoms with van der Waals surface area (Å²) in [6, 6.07) is 9.51. The number of aromatic nitrogens is 3. The van der Waals surface area contributed by atoms with Gasteiger partial charge in [-0.3, -0.25) is 9.59 Å². The summed E-state index contributed by atoms with van der Waals surface area (Å²) in [5.41, 5.74) is 2.80. The Kier molecular flexibility index (Phi) is 7.45. The Morgan fingerprint density at radius 2 is 1.87 bits per heavy atom. The normalized spacial score (nSPS) is 10.7. The lowest BCUT2D eigenvalue weighted by Crippen LogP contribution is -2.25. The maximum Gasteiger partial charge on any atom is 0.254 e. The first-order chi connectivity index (χ1) is 14.8. The minimum absolute atomic E-state index is 0.0330. The Hall–Kier alpha value is -2.72. The van der Waals surface area contributed by atoms with Gasteiger partial charge >= 0.3 is 0 Å². The minimum Gasteiger partial charge on any atom is -0.345 e. The van der Waals surface area contributed by atoms with E-state index >= 15 is 0 Å². The molecule has 3 aromatic rings. The highest BCUT2D eigenvalue weighted by Crippen LogP contribution is 2.26. The average molecular weight is 506 g/mol. The molecule has 3 rings (SSSR count). The van der Waals surface area contributed by atoms with E-state index in [1.807, 2.05) is 26.0 Å². The summed E-state index contributed by atoms with van der Waals surface area (Å²) in [6.07, 6.45) is 0. The summed E-state index contributed by atoms with van der Waals surface area (Å²) >= 11 is 4.71. The van der Waals surface area contributed by atoms with Crippen molar-refractivity contribution in [3.8, 4) is 0 Å². The van der Waals surface area contributed by atoms with Gasteiger partial charge in [-0.25, -0.2) is 4.39 Å². The van der Waals surface area contributed by atoms with E-state index in [1.165, 1.54) is 30.0 Å². The Bertz CT molecular complexity index is 1130. The van der Waals surface area contributed by atoms with Crippen molar-refractivity contribution in [1.82, 2.24) is 20.1 Å². The lowest BCUT2D eigenvalue weighted by Gasteiger charge is -2.11. The van der Waals surface area contributed by atoms with Crippen molar-refractivity contribution in [2.24, 2.45) is 7.05 Å². The molecule has 0 fully saturated rings. The van der Waals surface area contributed by atoms with Crippen LogP contribution >= 0.6 is 27.7 Å². The predicted molar refractivity (Wildman–Crippen MR) is 122 cm³/mol. The third-order valence-corrected chi connectivity index (χ3v) is 6.66. The molecule has 31 heavy (non-hydrogen) atoms. The summed E-state index contributed by atoms with van der Waals surface area (Å²) in [5.74, 6) is -0.632. The number of anilines is 1. The van der Waals surface area contributed by atoms with Gasteiger partial charge in [0.25, 0.3) is 5.91 Å². The molecule has 0 unspecified atom stereocenters. The number of hydrogen-bond acceptors (Lipinski definition) is 5. The molecule has 7 nitrogen and oxygen atoms in total. The first kappa shape index (κ1) is 23.0. The van der Waals surface area contributed by atoms with Crippen LogP contribution in [0.3, 0.4) is 0 Å². The second-order valence-electron chi connectivity index (χ2n) is 6.80. The van der Waals surface area contributed by atoms with Gasteiger partial charge in [-0.15, -0.1) is 10.2 Å². The molecule has 0 bridgehead atoms. The van der Waals surface area contributed by atoms with Gasteiger partial charge in [-0.1, -0.05) is 39.8 Å². The molecule has 2 aromatic carbocycles. The molecule has 1 aromatic heterocycles. The number of rotatable bonds is 7. The predicted octanol–water partition coefficient (Wildman–Crippen LogP) is 3.99. The Morgan fingerprint density at radius 3 is 2.61 bits per heavy atom. The molecule has 2 amide bonds. The first-order valence-electron chi connectivity index (χ1n) is 9.37. The van der Waals surface area contributed by atoms with Crippen molar-refractivity contribution in [2.45, 2.75) is 25.5 Å². The second kappa shape index (κ2) is 10.1. The topological polar surface area (TPSA) is 88.9 Å². The van der Waals surface area contributed by atoms with Crippen LogP contribution in [0.1, 0.15) is 27.3 Å². The van der Waals surface area contributed by atoms with Gasteiger partial charge in [0, 0.05) is 17.2 Å². The molecule has 162 valence electrons. The summed E-state index contributed by atoms with van der Waals surface area (Å²) in [4.78, 5) is 24.5. The second-order valence-corrected chi connectivity index (χ2v) is 8.60. The Balaban J connectivity index is 1.55. The van der Waals surface area contributed by atoms with Crippen molar-refractivity contribution in [3.63, 3.8) is 0 Å². The van der Waals surface area contributed by atoms with E-state index in [1.54, 1.807) is 17.7 Å². The Morgan fingerprint density at radius 1 is 1.13 bits per heavy atom. The zero-order valence-corrected chi connectivity index (χ0v) is 19.6. The fraction of sp³-hybridized carbons (Fsp3) is 0.238. The molecule has 0 radical (unpaired) electrons. The van der Waals surface area contributed by atoms with Crippen molar-refractivity contribution in [2.75, 3.05) is 11.1 Å². The smallest absolute Gasteiger partial charge is 0.254 e. The van der Waals surface area contributed by atoms with Gasteiger partial charge in [0.15, 0.2) is 11.0 Å². The molecular formula is C21H21BrFN5O2S. The molecule has 0 spiro atoms. The standard InChI is InChI=1S/C21H21BrFN5O2S/c1-12-13(2)17(9-8-15(12)22)25-19(29)11-31-21-27-26-18(28(21)3)10-24-20(30)14-6-4-5-7-16(14)23/h4-9H,10-11H2,1-3H3,(H,24,30)(H,25,29). The highest BCUT2D eigenvalue weighted by atomic mass is 79.9. The van der Waals surface area contributed by atoms with Gasteiger partial charge < -0.3 is 15.2 Å². The zero-order chi connectivity index (χ0) is 22.5. The maximum atomic E-state index is 13.7. The summed E-state index contributed by atoms with van der Waals surface area (Å²) in [7, 11) is 1.74. The molecule has 0 saturated carbocycles. The van der Waals surface area contributed by atoms with Gasteiger partial charge in [-0.2, -0.15) is 0 Å². The molecule has 0 aliphatic heterocycles. The third kappa shape index (κ3) is 5.50. The van der Waals surface area contributed by atoms with Crippen LogP contribution in [-0.2, 0) is 18.4 Å². The van der Waals surface area contributed by atoms with Gasteiger partial charge in [0.1, 0.15) is 5.82 Å². The molecule has 0 atom stereocenters. The van der Waals surface area contributed by atoms with Gasteiger partial charge in [-0.05, 0) is 49.2 Å². The highest BCUT2D eigenvalue weighted by Gasteiger charge is 2.15.